The van der Waals surface area contributed by atoms with Crippen LogP contribution < -0.4 is 0 Å². The molecule has 0 aliphatic rings. The lowest BCUT2D eigenvalue weighted by Gasteiger charge is -2.19. The van der Waals surface area contributed by atoms with Gasteiger partial charge in [-0.05, 0) is 103 Å². The number of hydrogen-bond acceptors (Lipinski definition) is 1. The molecule has 226 valence electrons. The molecular formula is C46H32N2. The highest BCUT2D eigenvalue weighted by molar-refractivity contribution is 6.22. The lowest BCUT2D eigenvalue weighted by Crippen LogP contribution is -1.97. The normalized spacial score (nSPS) is 11.4. The molecule has 0 spiro atoms. The molecule has 0 fully saturated rings. The van der Waals surface area contributed by atoms with Crippen LogP contribution in [0.1, 0.15) is 5.82 Å². The summed E-state index contributed by atoms with van der Waals surface area (Å²) in [5.74, 6) is 0.982. The molecule has 9 rings (SSSR count). The maximum Gasteiger partial charge on any atom is 0.111 e. The first kappa shape index (κ1) is 28.0. The second-order valence-corrected chi connectivity index (χ2v) is 12.4. The van der Waals surface area contributed by atoms with Crippen molar-refractivity contribution in [2.45, 2.75) is 6.92 Å². The Morgan fingerprint density at radius 1 is 0.375 bits per heavy atom. The number of hydrogen-bond donors (Lipinski definition) is 0. The minimum Gasteiger partial charge on any atom is -0.297 e. The van der Waals surface area contributed by atoms with Crippen molar-refractivity contribution in [2.24, 2.45) is 0 Å². The summed E-state index contributed by atoms with van der Waals surface area (Å²) in [6.07, 6.45) is 0. The average Bonchev–Trinajstić information content (AvgIpc) is 3.50. The Kier molecular flexibility index (Phi) is 6.72. The minimum atomic E-state index is 0.982. The maximum atomic E-state index is 4.81. The first-order chi connectivity index (χ1) is 23.7. The first-order valence-electron chi connectivity index (χ1n) is 16.5. The summed E-state index contributed by atoms with van der Waals surface area (Å²) < 4.78 is 2.24. The fourth-order valence-corrected chi connectivity index (χ4v) is 7.32. The summed E-state index contributed by atoms with van der Waals surface area (Å²) in [4.78, 5) is 4.81. The zero-order valence-corrected chi connectivity index (χ0v) is 26.6. The van der Waals surface area contributed by atoms with Crippen molar-refractivity contribution in [1.82, 2.24) is 9.55 Å². The van der Waals surface area contributed by atoms with Gasteiger partial charge in [0.15, 0.2) is 0 Å². The lowest BCUT2D eigenvalue weighted by molar-refractivity contribution is 1.00. The highest BCUT2D eigenvalue weighted by Gasteiger charge is 2.18. The van der Waals surface area contributed by atoms with Crippen molar-refractivity contribution in [3.05, 3.63) is 182 Å². The molecule has 0 aliphatic carbocycles. The summed E-state index contributed by atoms with van der Waals surface area (Å²) >= 11 is 0. The van der Waals surface area contributed by atoms with E-state index in [4.69, 9.17) is 4.98 Å². The summed E-state index contributed by atoms with van der Waals surface area (Å²) in [6.45, 7) is 2.07. The van der Waals surface area contributed by atoms with Gasteiger partial charge in [0.25, 0.3) is 0 Å². The van der Waals surface area contributed by atoms with Gasteiger partial charge in [0.05, 0.1) is 11.0 Å². The topological polar surface area (TPSA) is 17.8 Å². The number of benzene rings is 8. The van der Waals surface area contributed by atoms with E-state index >= 15 is 0 Å². The largest absolute Gasteiger partial charge is 0.297 e. The third-order valence-electron chi connectivity index (χ3n) is 9.55. The van der Waals surface area contributed by atoms with Crippen LogP contribution >= 0.6 is 0 Å². The van der Waals surface area contributed by atoms with E-state index in [0.29, 0.717) is 0 Å². The van der Waals surface area contributed by atoms with Crippen LogP contribution in [0.5, 0.6) is 0 Å². The molecular weight excluding hydrogens is 581 g/mol. The Bertz CT molecular complexity index is 2580. The number of imidazole rings is 1. The summed E-state index contributed by atoms with van der Waals surface area (Å²) in [5, 5.41) is 4.99. The van der Waals surface area contributed by atoms with Crippen molar-refractivity contribution < 1.29 is 0 Å². The van der Waals surface area contributed by atoms with Crippen LogP contribution in [0.4, 0.5) is 0 Å². The quantitative estimate of drug-likeness (QED) is 0.177. The smallest absolute Gasteiger partial charge is 0.111 e. The Balaban J connectivity index is 1.27. The van der Waals surface area contributed by atoms with E-state index in [1.165, 1.54) is 66.1 Å². The molecule has 0 atom stereocenters. The van der Waals surface area contributed by atoms with Gasteiger partial charge in [-0.3, -0.25) is 4.57 Å². The number of aromatic nitrogens is 2. The van der Waals surface area contributed by atoms with E-state index in [9.17, 15) is 0 Å². The molecule has 1 aromatic heterocycles. The van der Waals surface area contributed by atoms with Crippen LogP contribution in [0.25, 0.3) is 82.8 Å². The van der Waals surface area contributed by atoms with Gasteiger partial charge >= 0.3 is 0 Å². The zero-order valence-electron chi connectivity index (χ0n) is 26.6. The molecule has 0 saturated heterocycles. The van der Waals surface area contributed by atoms with Crippen molar-refractivity contribution >= 4 is 32.6 Å². The fraction of sp³-hybridized carbons (Fsp3) is 0.0217. The van der Waals surface area contributed by atoms with E-state index < -0.39 is 0 Å². The Morgan fingerprint density at radius 3 is 1.50 bits per heavy atom. The molecule has 2 heteroatoms. The average molecular weight is 613 g/mol. The zero-order chi connectivity index (χ0) is 32.0. The van der Waals surface area contributed by atoms with Gasteiger partial charge in [-0.2, -0.15) is 0 Å². The van der Waals surface area contributed by atoms with Gasteiger partial charge < -0.3 is 0 Å². The summed E-state index contributed by atoms with van der Waals surface area (Å²) in [6, 6.07) is 63.5. The molecule has 2 nitrogen and oxygen atoms in total. The van der Waals surface area contributed by atoms with Crippen molar-refractivity contribution in [3.63, 3.8) is 0 Å². The molecule has 0 radical (unpaired) electrons. The Morgan fingerprint density at radius 2 is 0.833 bits per heavy atom. The van der Waals surface area contributed by atoms with Gasteiger partial charge in [-0.25, -0.2) is 4.98 Å². The van der Waals surface area contributed by atoms with E-state index in [1.54, 1.807) is 0 Å². The molecule has 0 bridgehead atoms. The predicted octanol–water partition coefficient (Wildman–Crippen LogP) is 12.3. The molecule has 0 N–H and O–H groups in total. The summed E-state index contributed by atoms with van der Waals surface area (Å²) in [7, 11) is 0. The first-order valence-corrected chi connectivity index (χ1v) is 16.5. The van der Waals surface area contributed by atoms with Crippen LogP contribution in [-0.4, -0.2) is 9.55 Å². The number of nitrogens with zero attached hydrogens (tertiary/aromatic N) is 2. The van der Waals surface area contributed by atoms with Crippen LogP contribution in [0.3, 0.4) is 0 Å². The lowest BCUT2D eigenvalue weighted by atomic mass is 9.84. The third kappa shape index (κ3) is 4.70. The monoisotopic (exact) mass is 612 g/mol. The molecule has 48 heavy (non-hydrogen) atoms. The van der Waals surface area contributed by atoms with E-state index in [2.05, 4.69) is 181 Å². The fourth-order valence-electron chi connectivity index (χ4n) is 7.32. The molecule has 0 aliphatic heterocycles. The second-order valence-electron chi connectivity index (χ2n) is 12.4. The van der Waals surface area contributed by atoms with Crippen molar-refractivity contribution in [1.29, 1.82) is 0 Å². The highest BCUT2D eigenvalue weighted by atomic mass is 15.1. The van der Waals surface area contributed by atoms with Crippen LogP contribution in [0.15, 0.2) is 176 Å². The molecule has 0 unspecified atom stereocenters. The van der Waals surface area contributed by atoms with Gasteiger partial charge in [-0.1, -0.05) is 146 Å². The third-order valence-corrected chi connectivity index (χ3v) is 9.55. The van der Waals surface area contributed by atoms with E-state index in [0.717, 1.165) is 22.5 Å². The molecule has 0 saturated carbocycles. The SMILES string of the molecule is Cc1nc2ccccc2n1-c1ccc(-c2c3ccccc3c(-c3ccc(-c4ccccc4)cc3)c3cc(-c4ccccc4)ccc23)cc1. The van der Waals surface area contributed by atoms with Gasteiger partial charge in [0.2, 0.25) is 0 Å². The predicted molar refractivity (Wildman–Crippen MR) is 203 cm³/mol. The van der Waals surface area contributed by atoms with E-state index in [1.807, 2.05) is 6.07 Å². The Labute approximate surface area is 280 Å². The van der Waals surface area contributed by atoms with Gasteiger partial charge in [0.1, 0.15) is 5.82 Å². The molecule has 1 heterocycles. The van der Waals surface area contributed by atoms with Crippen LogP contribution in [0.2, 0.25) is 0 Å². The van der Waals surface area contributed by atoms with Gasteiger partial charge in [0, 0.05) is 5.69 Å². The minimum absolute atomic E-state index is 0.982. The van der Waals surface area contributed by atoms with Crippen LogP contribution in [-0.2, 0) is 0 Å². The molecule has 0 amide bonds. The van der Waals surface area contributed by atoms with E-state index in [-0.39, 0.29) is 0 Å². The molecule has 8 aromatic carbocycles. The summed E-state index contributed by atoms with van der Waals surface area (Å²) in [5.41, 5.74) is 13.0. The van der Waals surface area contributed by atoms with Gasteiger partial charge in [-0.15, -0.1) is 0 Å². The second kappa shape index (κ2) is 11.5. The molecule has 9 aromatic rings. The van der Waals surface area contributed by atoms with Crippen LogP contribution in [0, 0.1) is 6.92 Å². The number of para-hydroxylation sites is 2. The Hall–Kier alpha value is -6.25. The number of fused-ring (bicyclic) bond motifs is 3. The number of aryl methyl sites for hydroxylation is 1. The number of rotatable bonds is 5. The standard InChI is InChI=1S/C46H32N2/c1-31-47-43-18-10-11-19-44(43)48(31)38-27-24-36(25-28-38)45-39-16-8-9-17-40(39)46(35-22-20-34(21-23-35)32-12-4-2-5-13-32)42-30-37(26-29-41(42)45)33-14-6-3-7-15-33/h2-30H,1H3. The highest BCUT2D eigenvalue weighted by Crippen LogP contribution is 2.45. The maximum absolute atomic E-state index is 4.81. The van der Waals surface area contributed by atoms with Crippen molar-refractivity contribution in [3.8, 4) is 50.2 Å². The van der Waals surface area contributed by atoms with Crippen molar-refractivity contribution in [2.75, 3.05) is 0 Å².